The van der Waals surface area contributed by atoms with E-state index in [0.717, 1.165) is 0 Å². The van der Waals surface area contributed by atoms with Gasteiger partial charge >= 0.3 is 11.9 Å². The predicted octanol–water partition coefficient (Wildman–Crippen LogP) is 1.01. The number of hydrogen-bond donors (Lipinski definition) is 3. The lowest BCUT2D eigenvalue weighted by Crippen LogP contribution is -2.42. The van der Waals surface area contributed by atoms with Gasteiger partial charge in [-0.25, -0.2) is 4.79 Å². The van der Waals surface area contributed by atoms with Crippen LogP contribution in [0.2, 0.25) is 0 Å². The molecule has 1 atom stereocenters. The van der Waals surface area contributed by atoms with Crippen LogP contribution in [0.1, 0.15) is 28.9 Å². The molecule has 166 valence electrons. The van der Waals surface area contributed by atoms with Gasteiger partial charge in [0.15, 0.2) is 0 Å². The molecule has 0 saturated carbocycles. The number of ether oxygens (including phenoxy) is 2. The molecule has 2 rings (SSSR count). The Labute approximate surface area is 179 Å². The quantitative estimate of drug-likeness (QED) is 0.504. The van der Waals surface area contributed by atoms with Crippen molar-refractivity contribution >= 4 is 35.1 Å². The summed E-state index contributed by atoms with van der Waals surface area (Å²) in [6.07, 6.45) is 1.61. The van der Waals surface area contributed by atoms with Crippen LogP contribution in [0.4, 0.5) is 11.4 Å². The lowest BCUT2D eigenvalue weighted by atomic mass is 10.1. The van der Waals surface area contributed by atoms with Crippen molar-refractivity contribution in [2.24, 2.45) is 7.05 Å². The summed E-state index contributed by atoms with van der Waals surface area (Å²) in [5, 5.41) is 5.33. The molecule has 2 aromatic rings. The normalized spacial score (nSPS) is 11.3. The topological polar surface area (TPSA) is 142 Å². The zero-order valence-corrected chi connectivity index (χ0v) is 17.6. The SMILES string of the molecule is COC(=O)CCC(NC(=O)Cc1cccc(NC(=O)c2cc(N)cn2C)c1)C(=O)OC. The Kier molecular flexibility index (Phi) is 8.18. The van der Waals surface area contributed by atoms with Crippen LogP contribution in [0.3, 0.4) is 0 Å². The number of amides is 2. The average molecular weight is 430 g/mol. The van der Waals surface area contributed by atoms with Gasteiger partial charge in [0.25, 0.3) is 5.91 Å². The fourth-order valence-electron chi connectivity index (χ4n) is 2.96. The van der Waals surface area contributed by atoms with Crippen molar-refractivity contribution in [1.29, 1.82) is 0 Å². The fraction of sp³-hybridized carbons (Fsp3) is 0.333. The smallest absolute Gasteiger partial charge is 0.328 e. The first-order valence-electron chi connectivity index (χ1n) is 9.49. The predicted molar refractivity (Wildman–Crippen MR) is 113 cm³/mol. The maximum absolute atomic E-state index is 12.4. The highest BCUT2D eigenvalue weighted by Gasteiger charge is 2.23. The number of nitrogen functional groups attached to an aromatic ring is 1. The molecule has 10 heteroatoms. The minimum atomic E-state index is -0.970. The van der Waals surface area contributed by atoms with Crippen molar-refractivity contribution in [3.8, 4) is 0 Å². The van der Waals surface area contributed by atoms with E-state index >= 15 is 0 Å². The number of carbonyl (C=O) groups excluding carboxylic acids is 4. The van der Waals surface area contributed by atoms with E-state index in [1.54, 1.807) is 48.1 Å². The Morgan fingerprint density at radius 3 is 2.48 bits per heavy atom. The third-order valence-corrected chi connectivity index (χ3v) is 4.49. The Hall–Kier alpha value is -3.82. The molecule has 0 spiro atoms. The highest BCUT2D eigenvalue weighted by atomic mass is 16.5. The number of nitrogens with two attached hydrogens (primary N) is 1. The Morgan fingerprint density at radius 2 is 1.87 bits per heavy atom. The fourth-order valence-corrected chi connectivity index (χ4v) is 2.96. The van der Waals surface area contributed by atoms with Crippen LogP contribution in [-0.2, 0) is 37.3 Å². The number of carbonyl (C=O) groups is 4. The standard InChI is InChI=1S/C21H26N4O6/c1-25-12-14(22)11-17(25)20(28)23-15-6-4-5-13(9-15)10-18(26)24-16(21(29)31-3)7-8-19(27)30-2/h4-6,9,11-12,16H,7-8,10,22H2,1-3H3,(H,23,28)(H,24,26). The van der Waals surface area contributed by atoms with Crippen LogP contribution < -0.4 is 16.4 Å². The van der Waals surface area contributed by atoms with E-state index in [1.165, 1.54) is 14.2 Å². The molecule has 0 radical (unpaired) electrons. The van der Waals surface area contributed by atoms with Crippen molar-refractivity contribution in [3.63, 3.8) is 0 Å². The molecule has 2 amide bonds. The minimum Gasteiger partial charge on any atom is -0.469 e. The van der Waals surface area contributed by atoms with Crippen LogP contribution in [0.25, 0.3) is 0 Å². The van der Waals surface area contributed by atoms with Gasteiger partial charge in [0, 0.05) is 25.4 Å². The van der Waals surface area contributed by atoms with Crippen molar-refractivity contribution in [3.05, 3.63) is 47.8 Å². The van der Waals surface area contributed by atoms with Crippen LogP contribution >= 0.6 is 0 Å². The monoisotopic (exact) mass is 430 g/mol. The maximum atomic E-state index is 12.4. The second-order valence-electron chi connectivity index (χ2n) is 6.86. The molecule has 0 aliphatic heterocycles. The number of rotatable bonds is 9. The van der Waals surface area contributed by atoms with Gasteiger partial charge in [0.2, 0.25) is 5.91 Å². The molecule has 1 heterocycles. The van der Waals surface area contributed by atoms with Crippen molar-refractivity contribution in [1.82, 2.24) is 9.88 Å². The lowest BCUT2D eigenvalue weighted by Gasteiger charge is -2.16. The number of benzene rings is 1. The molecule has 0 aliphatic carbocycles. The van der Waals surface area contributed by atoms with Crippen molar-refractivity contribution in [2.45, 2.75) is 25.3 Å². The zero-order valence-electron chi connectivity index (χ0n) is 17.6. The summed E-state index contributed by atoms with van der Waals surface area (Å²) in [5.41, 5.74) is 7.70. The zero-order chi connectivity index (χ0) is 23.0. The summed E-state index contributed by atoms with van der Waals surface area (Å²) in [6.45, 7) is 0. The van der Waals surface area contributed by atoms with E-state index in [0.29, 0.717) is 22.6 Å². The minimum absolute atomic E-state index is 0.0352. The molecule has 4 N–H and O–H groups in total. The molecule has 1 unspecified atom stereocenters. The maximum Gasteiger partial charge on any atom is 0.328 e. The molecular formula is C21H26N4O6. The van der Waals surface area contributed by atoms with E-state index in [-0.39, 0.29) is 25.2 Å². The van der Waals surface area contributed by atoms with E-state index in [1.807, 2.05) is 0 Å². The van der Waals surface area contributed by atoms with Crippen LogP contribution in [0.15, 0.2) is 36.5 Å². The van der Waals surface area contributed by atoms with Crippen molar-refractivity contribution < 1.29 is 28.7 Å². The van der Waals surface area contributed by atoms with Gasteiger partial charge < -0.3 is 30.4 Å². The van der Waals surface area contributed by atoms with Gasteiger partial charge in [-0.3, -0.25) is 14.4 Å². The average Bonchev–Trinajstić information content (AvgIpc) is 3.08. The highest BCUT2D eigenvalue weighted by molar-refractivity contribution is 6.03. The molecule has 0 aliphatic rings. The summed E-state index contributed by atoms with van der Waals surface area (Å²) in [4.78, 5) is 48.1. The number of aryl methyl sites for hydroxylation is 1. The van der Waals surface area contributed by atoms with Crippen LogP contribution in [0.5, 0.6) is 0 Å². The van der Waals surface area contributed by atoms with E-state index in [4.69, 9.17) is 5.73 Å². The third kappa shape index (κ3) is 6.88. The van der Waals surface area contributed by atoms with Gasteiger partial charge in [-0.1, -0.05) is 12.1 Å². The van der Waals surface area contributed by atoms with Gasteiger partial charge in [-0.15, -0.1) is 0 Å². The number of esters is 2. The number of hydrogen-bond acceptors (Lipinski definition) is 7. The first-order chi connectivity index (χ1) is 14.7. The number of anilines is 2. The Bertz CT molecular complexity index is 969. The summed E-state index contributed by atoms with van der Waals surface area (Å²) >= 11 is 0. The largest absolute Gasteiger partial charge is 0.469 e. The van der Waals surface area contributed by atoms with E-state index < -0.39 is 23.9 Å². The van der Waals surface area contributed by atoms with Crippen LogP contribution in [0, 0.1) is 0 Å². The van der Waals surface area contributed by atoms with E-state index in [2.05, 4.69) is 20.1 Å². The molecule has 31 heavy (non-hydrogen) atoms. The molecule has 1 aromatic heterocycles. The Balaban J connectivity index is 2.01. The van der Waals surface area contributed by atoms with Crippen LogP contribution in [-0.4, -0.2) is 48.6 Å². The summed E-state index contributed by atoms with van der Waals surface area (Å²) in [5.74, 6) is -1.92. The summed E-state index contributed by atoms with van der Waals surface area (Å²) < 4.78 is 10.8. The second-order valence-corrected chi connectivity index (χ2v) is 6.86. The molecule has 0 saturated heterocycles. The molecule has 1 aromatic carbocycles. The summed E-state index contributed by atoms with van der Waals surface area (Å²) in [7, 11) is 4.16. The Morgan fingerprint density at radius 1 is 1.13 bits per heavy atom. The molecule has 0 bridgehead atoms. The second kappa shape index (κ2) is 10.8. The molecule has 0 fully saturated rings. The summed E-state index contributed by atoms with van der Waals surface area (Å²) in [6, 6.07) is 7.37. The van der Waals surface area contributed by atoms with Gasteiger partial charge in [0.1, 0.15) is 11.7 Å². The lowest BCUT2D eigenvalue weighted by molar-refractivity contribution is -0.146. The number of nitrogens with zero attached hydrogens (tertiary/aromatic N) is 1. The van der Waals surface area contributed by atoms with Gasteiger partial charge in [-0.05, 0) is 30.2 Å². The number of nitrogens with one attached hydrogen (secondary N) is 2. The number of methoxy groups -OCH3 is 2. The van der Waals surface area contributed by atoms with Crippen molar-refractivity contribution in [2.75, 3.05) is 25.3 Å². The molecule has 10 nitrogen and oxygen atoms in total. The third-order valence-electron chi connectivity index (χ3n) is 4.49. The van der Waals surface area contributed by atoms with Gasteiger partial charge in [-0.2, -0.15) is 0 Å². The van der Waals surface area contributed by atoms with E-state index in [9.17, 15) is 19.2 Å². The number of aromatic nitrogens is 1. The highest BCUT2D eigenvalue weighted by Crippen LogP contribution is 2.15. The molecular weight excluding hydrogens is 404 g/mol. The first kappa shape index (κ1) is 23.5. The first-order valence-corrected chi connectivity index (χ1v) is 9.49. The van der Waals surface area contributed by atoms with Gasteiger partial charge in [0.05, 0.1) is 26.3 Å².